The Balaban J connectivity index is 1.58. The van der Waals surface area contributed by atoms with Crippen molar-refractivity contribution in [3.05, 3.63) is 60.7 Å². The summed E-state index contributed by atoms with van der Waals surface area (Å²) >= 11 is 0. The van der Waals surface area contributed by atoms with Gasteiger partial charge in [-0.05, 0) is 31.5 Å². The van der Waals surface area contributed by atoms with Gasteiger partial charge in [0.1, 0.15) is 0 Å². The minimum absolute atomic E-state index is 0.117. The number of carbonyl (C=O) groups excluding carboxylic acids is 1. The van der Waals surface area contributed by atoms with E-state index >= 15 is 0 Å². The molecule has 2 N–H and O–H groups in total. The number of hydrazine groups is 1. The number of rotatable bonds is 6. The normalized spacial score (nSPS) is 16.6. The Morgan fingerprint density at radius 3 is 2.53 bits per heavy atom. The Kier molecular flexibility index (Phi) is 6.06. The summed E-state index contributed by atoms with van der Waals surface area (Å²) in [5.74, 6) is 3.65. The molecule has 2 aromatic carbocycles. The minimum atomic E-state index is -0.246. The van der Waals surface area contributed by atoms with Gasteiger partial charge in [-0.3, -0.25) is 25.1 Å². The van der Waals surface area contributed by atoms with Gasteiger partial charge in [0, 0.05) is 5.56 Å². The molecule has 0 aliphatic carbocycles. The summed E-state index contributed by atoms with van der Waals surface area (Å²) in [7, 11) is 0. The standard InChI is InChI=1S/C23H24N6O/c1-2-16-28-17-10-9-15-20(28)22(30)25-27-23-26-24-21(18-11-5-3-6-12-18)29(23)19-13-7-4-8-14-19/h1,3-8,11-14,20H,9-10,15-17H2,(H,25,30)(H,26,27)/t20-/m0/s1. The van der Waals surface area contributed by atoms with Crippen LogP contribution in [0.2, 0.25) is 0 Å². The molecular formula is C23H24N6O. The summed E-state index contributed by atoms with van der Waals surface area (Å²) in [4.78, 5) is 14.9. The summed E-state index contributed by atoms with van der Waals surface area (Å²) < 4.78 is 1.88. The number of benzene rings is 2. The van der Waals surface area contributed by atoms with Gasteiger partial charge in [-0.2, -0.15) is 0 Å². The van der Waals surface area contributed by atoms with Gasteiger partial charge in [0.05, 0.1) is 18.3 Å². The molecule has 0 radical (unpaired) electrons. The highest BCUT2D eigenvalue weighted by atomic mass is 16.2. The second-order valence-electron chi connectivity index (χ2n) is 7.18. The first-order chi connectivity index (χ1) is 14.8. The van der Waals surface area contributed by atoms with E-state index in [1.807, 2.05) is 70.1 Å². The van der Waals surface area contributed by atoms with Crippen molar-refractivity contribution >= 4 is 11.9 Å². The van der Waals surface area contributed by atoms with Crippen molar-refractivity contribution in [2.24, 2.45) is 0 Å². The molecule has 0 bridgehead atoms. The quantitative estimate of drug-likeness (QED) is 0.492. The summed E-state index contributed by atoms with van der Waals surface area (Å²) in [5, 5.41) is 8.64. The number of hydrogen-bond acceptors (Lipinski definition) is 5. The smallest absolute Gasteiger partial charge is 0.255 e. The van der Waals surface area contributed by atoms with Crippen LogP contribution in [0.3, 0.4) is 0 Å². The van der Waals surface area contributed by atoms with Crippen molar-refractivity contribution in [3.63, 3.8) is 0 Å². The Hall–Kier alpha value is -3.63. The Morgan fingerprint density at radius 1 is 1.07 bits per heavy atom. The molecular weight excluding hydrogens is 376 g/mol. The van der Waals surface area contributed by atoms with Gasteiger partial charge in [-0.25, -0.2) is 0 Å². The number of anilines is 1. The first-order valence-corrected chi connectivity index (χ1v) is 10.1. The first kappa shape index (κ1) is 19.7. The molecule has 1 fully saturated rings. The molecule has 30 heavy (non-hydrogen) atoms. The summed E-state index contributed by atoms with van der Waals surface area (Å²) in [6.45, 7) is 1.30. The van der Waals surface area contributed by atoms with Crippen LogP contribution in [0, 0.1) is 12.3 Å². The van der Waals surface area contributed by atoms with Crippen LogP contribution < -0.4 is 10.9 Å². The second kappa shape index (κ2) is 9.25. The molecule has 1 atom stereocenters. The van der Waals surface area contributed by atoms with Crippen LogP contribution >= 0.6 is 0 Å². The van der Waals surface area contributed by atoms with Crippen molar-refractivity contribution in [1.82, 2.24) is 25.1 Å². The minimum Gasteiger partial charge on any atom is -0.281 e. The van der Waals surface area contributed by atoms with E-state index in [-0.39, 0.29) is 11.9 Å². The zero-order valence-electron chi connectivity index (χ0n) is 16.7. The fourth-order valence-corrected chi connectivity index (χ4v) is 3.76. The van der Waals surface area contributed by atoms with Crippen LogP contribution in [0.15, 0.2) is 60.7 Å². The Morgan fingerprint density at radius 2 is 1.80 bits per heavy atom. The molecule has 1 saturated heterocycles. The number of piperidine rings is 1. The average Bonchev–Trinajstić information content (AvgIpc) is 3.23. The van der Waals surface area contributed by atoms with Gasteiger partial charge in [-0.15, -0.1) is 16.6 Å². The van der Waals surface area contributed by atoms with E-state index in [0.717, 1.165) is 37.1 Å². The van der Waals surface area contributed by atoms with E-state index in [0.29, 0.717) is 18.3 Å². The molecule has 0 spiro atoms. The highest BCUT2D eigenvalue weighted by Crippen LogP contribution is 2.25. The number of hydrogen-bond donors (Lipinski definition) is 2. The van der Waals surface area contributed by atoms with Crippen molar-refractivity contribution < 1.29 is 4.79 Å². The second-order valence-corrected chi connectivity index (χ2v) is 7.18. The summed E-state index contributed by atoms with van der Waals surface area (Å²) in [6.07, 6.45) is 8.32. The maximum atomic E-state index is 12.8. The van der Waals surface area contributed by atoms with E-state index in [1.165, 1.54) is 0 Å². The van der Waals surface area contributed by atoms with Crippen LogP contribution in [-0.2, 0) is 4.79 Å². The van der Waals surface area contributed by atoms with Crippen LogP contribution in [0.1, 0.15) is 19.3 Å². The lowest BCUT2D eigenvalue weighted by Gasteiger charge is -2.33. The lowest BCUT2D eigenvalue weighted by Crippen LogP contribution is -2.51. The number of terminal acetylenes is 1. The fraction of sp³-hybridized carbons (Fsp3) is 0.261. The van der Waals surface area contributed by atoms with Gasteiger partial charge < -0.3 is 0 Å². The highest BCUT2D eigenvalue weighted by molar-refractivity contribution is 5.83. The monoisotopic (exact) mass is 400 g/mol. The number of aromatic nitrogens is 3. The summed E-state index contributed by atoms with van der Waals surface area (Å²) in [5.41, 5.74) is 7.61. The zero-order chi connectivity index (χ0) is 20.8. The van der Waals surface area contributed by atoms with Crippen molar-refractivity contribution in [3.8, 4) is 29.4 Å². The third kappa shape index (κ3) is 4.19. The highest BCUT2D eigenvalue weighted by Gasteiger charge is 2.28. The fourth-order valence-electron chi connectivity index (χ4n) is 3.76. The Bertz CT molecular complexity index is 1020. The number of nitrogens with one attached hydrogen (secondary N) is 2. The van der Waals surface area contributed by atoms with Crippen LogP contribution in [0.5, 0.6) is 0 Å². The molecule has 1 aliphatic rings. The van der Waals surface area contributed by atoms with Crippen LogP contribution in [0.4, 0.5) is 5.95 Å². The largest absolute Gasteiger partial charge is 0.281 e. The van der Waals surface area contributed by atoms with E-state index in [4.69, 9.17) is 6.42 Å². The number of likely N-dealkylation sites (tertiary alicyclic amines) is 1. The molecule has 7 nitrogen and oxygen atoms in total. The molecule has 7 heteroatoms. The molecule has 3 aromatic rings. The number of para-hydroxylation sites is 1. The molecule has 0 unspecified atom stereocenters. The lowest BCUT2D eigenvalue weighted by molar-refractivity contribution is -0.126. The van der Waals surface area contributed by atoms with E-state index in [1.54, 1.807) is 0 Å². The van der Waals surface area contributed by atoms with Crippen molar-refractivity contribution in [2.45, 2.75) is 25.3 Å². The molecule has 152 valence electrons. The zero-order valence-corrected chi connectivity index (χ0v) is 16.7. The van der Waals surface area contributed by atoms with Crippen LogP contribution in [-0.4, -0.2) is 44.7 Å². The summed E-state index contributed by atoms with van der Waals surface area (Å²) in [6, 6.07) is 19.4. The molecule has 2 heterocycles. The predicted octanol–water partition coefficient (Wildman–Crippen LogP) is 2.87. The first-order valence-electron chi connectivity index (χ1n) is 10.1. The van der Waals surface area contributed by atoms with E-state index in [9.17, 15) is 4.79 Å². The maximum Gasteiger partial charge on any atom is 0.255 e. The number of amides is 1. The van der Waals surface area contributed by atoms with Gasteiger partial charge in [0.25, 0.3) is 5.91 Å². The SMILES string of the molecule is C#CCN1CCCC[C@H]1C(=O)NNc1nnc(-c2ccccc2)n1-c1ccccc1. The molecule has 1 aromatic heterocycles. The van der Waals surface area contributed by atoms with Gasteiger partial charge in [0.2, 0.25) is 5.95 Å². The van der Waals surface area contributed by atoms with Gasteiger partial charge >= 0.3 is 0 Å². The van der Waals surface area contributed by atoms with Crippen molar-refractivity contribution in [2.75, 3.05) is 18.5 Å². The van der Waals surface area contributed by atoms with Crippen LogP contribution in [0.25, 0.3) is 17.1 Å². The third-order valence-corrected chi connectivity index (χ3v) is 5.22. The van der Waals surface area contributed by atoms with E-state index in [2.05, 4.69) is 27.0 Å². The third-order valence-electron chi connectivity index (χ3n) is 5.22. The number of nitrogens with zero attached hydrogens (tertiary/aromatic N) is 4. The number of carbonyl (C=O) groups is 1. The molecule has 4 rings (SSSR count). The average molecular weight is 400 g/mol. The molecule has 1 aliphatic heterocycles. The van der Waals surface area contributed by atoms with Gasteiger partial charge in [0.15, 0.2) is 5.82 Å². The Labute approximate surface area is 176 Å². The van der Waals surface area contributed by atoms with E-state index < -0.39 is 0 Å². The molecule has 1 amide bonds. The van der Waals surface area contributed by atoms with Crippen molar-refractivity contribution in [1.29, 1.82) is 0 Å². The van der Waals surface area contributed by atoms with Gasteiger partial charge in [-0.1, -0.05) is 60.9 Å². The molecule has 0 saturated carbocycles. The lowest BCUT2D eigenvalue weighted by atomic mass is 10.0. The maximum absolute atomic E-state index is 12.8. The predicted molar refractivity (Wildman–Crippen MR) is 117 cm³/mol. The topological polar surface area (TPSA) is 75.1 Å².